The van der Waals surface area contributed by atoms with Crippen molar-refractivity contribution in [3.8, 4) is 122 Å². The molecule has 0 saturated carbocycles. The van der Waals surface area contributed by atoms with Gasteiger partial charge in [-0.2, -0.15) is 0 Å². The maximum atomic E-state index is 6.51. The highest BCUT2D eigenvalue weighted by Crippen LogP contribution is 2.66. The van der Waals surface area contributed by atoms with Gasteiger partial charge in [-0.1, -0.05) is 419 Å². The molecule has 0 aliphatic heterocycles. The zero-order chi connectivity index (χ0) is 87.0. The van der Waals surface area contributed by atoms with Gasteiger partial charge in [0.05, 0.1) is 16.5 Å². The predicted octanol–water partition coefficient (Wildman–Crippen LogP) is 34.5. The van der Waals surface area contributed by atoms with Gasteiger partial charge in [0.15, 0.2) is 0 Å². The Bertz CT molecular complexity index is 8360. The van der Waals surface area contributed by atoms with Gasteiger partial charge in [-0.05, 0) is 229 Å². The second-order valence-corrected chi connectivity index (χ2v) is 35.0. The molecule has 4 heteroatoms. The van der Waals surface area contributed by atoms with Crippen molar-refractivity contribution in [2.75, 3.05) is 9.80 Å². The van der Waals surface area contributed by atoms with Crippen molar-refractivity contribution < 1.29 is 8.83 Å². The third-order valence-electron chi connectivity index (χ3n) is 28.3. The number of rotatable bonds is 11. The molecule has 0 fully saturated rings. The molecule has 0 unspecified atom stereocenters. The molecule has 0 N–H and O–H groups in total. The molecule has 4 aliphatic rings. The van der Waals surface area contributed by atoms with Crippen LogP contribution < -0.4 is 9.80 Å². The summed E-state index contributed by atoms with van der Waals surface area (Å²) in [5.74, 6) is 0. The summed E-state index contributed by atoms with van der Waals surface area (Å²) in [6.45, 7) is 0. The SMILES string of the molecule is c1ccc(-c2ccc(N(c3ccc(-c4cccc5c4-c4ccccc4C54c5ccccc5-c5ccccc5-c5ccccc54)cc3)c3ccc(-c4cccc5c4oc4ccccc45)cc3)cc2)cc1.c1ccc(-c2ccc(N(c3ccc(-c4cccc5c4oc4ccccc45)cc3)c3cccc4c3-c3ccccc3C43c4ccccc4-c4ccccc4-c4ccccc43)cc2)cc1. The van der Waals surface area contributed by atoms with Gasteiger partial charge >= 0.3 is 0 Å². The predicted molar refractivity (Wildman–Crippen MR) is 547 cm³/mol. The minimum atomic E-state index is -0.577. The standard InChI is InChI=1S/C67H43NO.C61H39NO/c1-2-16-44(17-3-1)45-32-38-48(39-33-45)68(50-42-36-47(37-43-50)52-25-14-26-58-57-22-9-13-31-64(57)69-66(52)58)49-40-34-46(35-41-49)51-24-15-30-63-65(51)59-23-8-12-29-62(59)67(63)60-27-10-6-20-55(60)53-18-4-5-19-54(53)56-21-7-11-28-61(56)67;1-2-16-40(17-3-1)41-32-36-43(37-33-41)62(44-38-34-42(35-39-44)45-24-14-25-51-50-22-9-13-31-58(50)63-60(45)51)57-30-15-29-56-59(57)52-23-8-12-28-55(52)61(56)53-26-10-6-20-48(53)46-18-4-5-19-47(46)49-21-7-11-27-54(49)61/h1-43H;1-39H. The van der Waals surface area contributed by atoms with Crippen LogP contribution in [0.5, 0.6) is 0 Å². The maximum absolute atomic E-state index is 6.51. The smallest absolute Gasteiger partial charge is 0.143 e. The Hall–Kier alpha value is -17.2. The van der Waals surface area contributed by atoms with Crippen molar-refractivity contribution >= 4 is 78.0 Å². The van der Waals surface area contributed by atoms with E-state index in [-0.39, 0.29) is 0 Å². The second kappa shape index (κ2) is 30.8. The van der Waals surface area contributed by atoms with E-state index >= 15 is 0 Å². The van der Waals surface area contributed by atoms with Crippen molar-refractivity contribution in [2.24, 2.45) is 0 Å². The van der Waals surface area contributed by atoms with Crippen LogP contribution in [0.2, 0.25) is 0 Å². The molecule has 2 aromatic heterocycles. The summed E-state index contributed by atoms with van der Waals surface area (Å²) in [6.07, 6.45) is 0. The van der Waals surface area contributed by atoms with Gasteiger partial charge in [0.2, 0.25) is 0 Å². The first-order valence-corrected chi connectivity index (χ1v) is 45.6. The lowest BCUT2D eigenvalue weighted by Gasteiger charge is -2.35. The third kappa shape index (κ3) is 11.7. The van der Waals surface area contributed by atoms with Crippen molar-refractivity contribution in [3.63, 3.8) is 0 Å². The highest BCUT2D eigenvalue weighted by atomic mass is 16.3. The first kappa shape index (κ1) is 76.1. The van der Waals surface area contributed by atoms with Crippen molar-refractivity contribution in [2.45, 2.75) is 10.8 Å². The lowest BCUT2D eigenvalue weighted by molar-refractivity contribution is 0.669. The van der Waals surface area contributed by atoms with Gasteiger partial charge in [-0.25, -0.2) is 0 Å². The summed E-state index contributed by atoms with van der Waals surface area (Å²) in [5.41, 5.74) is 46.2. The van der Waals surface area contributed by atoms with E-state index in [4.69, 9.17) is 8.83 Å². The molecule has 27 rings (SSSR count). The highest BCUT2D eigenvalue weighted by Gasteiger charge is 2.53. The van der Waals surface area contributed by atoms with Crippen molar-refractivity contribution in [1.29, 1.82) is 0 Å². The first-order chi connectivity index (χ1) is 65.5. The summed E-state index contributed by atoms with van der Waals surface area (Å²) in [7, 11) is 0. The number of fused-ring (bicyclic) bond motifs is 30. The molecule has 0 radical (unpaired) electrons. The fourth-order valence-corrected chi connectivity index (χ4v) is 22.7. The minimum absolute atomic E-state index is 0.529. The van der Waals surface area contributed by atoms with Crippen LogP contribution in [0.25, 0.3) is 166 Å². The number of hydrogen-bond acceptors (Lipinski definition) is 4. The number of furan rings is 2. The highest BCUT2D eigenvalue weighted by molar-refractivity contribution is 6.12. The molecular weight excluding hydrogens is 1600 g/mol. The fraction of sp³-hybridized carbons (Fsp3) is 0.0156. The Kier molecular flexibility index (Phi) is 17.8. The van der Waals surface area contributed by atoms with Gasteiger partial charge in [-0.3, -0.25) is 0 Å². The number of anilines is 6. The van der Waals surface area contributed by atoms with E-state index in [0.717, 1.165) is 100 Å². The number of para-hydroxylation sites is 4. The number of nitrogens with zero attached hydrogens (tertiary/aromatic N) is 2. The van der Waals surface area contributed by atoms with E-state index in [0.29, 0.717) is 0 Å². The van der Waals surface area contributed by atoms with Crippen LogP contribution in [0.1, 0.15) is 44.5 Å². The molecular formula is C128H82N2O2. The Morgan fingerprint density at radius 2 is 0.386 bits per heavy atom. The molecule has 2 heterocycles. The van der Waals surface area contributed by atoms with Crippen LogP contribution >= 0.6 is 0 Å². The van der Waals surface area contributed by atoms with E-state index in [2.05, 4.69) is 489 Å². The largest absolute Gasteiger partial charge is 0.455 e. The Labute approximate surface area is 766 Å². The molecule has 4 aliphatic carbocycles. The summed E-state index contributed by atoms with van der Waals surface area (Å²) < 4.78 is 13.0. The Balaban J connectivity index is 0.000000139. The summed E-state index contributed by atoms with van der Waals surface area (Å²) in [6, 6.07) is 182. The lowest BCUT2D eigenvalue weighted by atomic mass is 9.66. The Morgan fingerprint density at radius 3 is 0.773 bits per heavy atom. The zero-order valence-corrected chi connectivity index (χ0v) is 72.1. The van der Waals surface area contributed by atoms with E-state index in [1.165, 1.54) is 145 Å². The number of hydrogen-bond donors (Lipinski definition) is 0. The first-order valence-electron chi connectivity index (χ1n) is 45.6. The molecule has 0 saturated heterocycles. The van der Waals surface area contributed by atoms with E-state index in [1.807, 2.05) is 18.2 Å². The van der Waals surface area contributed by atoms with Crippen LogP contribution in [0.15, 0.2) is 506 Å². The average Bonchev–Trinajstić information content (AvgIpc) is 1.52. The van der Waals surface area contributed by atoms with Crippen molar-refractivity contribution in [3.05, 3.63) is 542 Å². The van der Waals surface area contributed by atoms with Gasteiger partial charge in [0.25, 0.3) is 0 Å². The van der Waals surface area contributed by atoms with Crippen LogP contribution in [-0.4, -0.2) is 0 Å². The monoisotopic (exact) mass is 1680 g/mol. The maximum Gasteiger partial charge on any atom is 0.143 e. The third-order valence-corrected chi connectivity index (χ3v) is 28.3. The Morgan fingerprint density at radius 1 is 0.144 bits per heavy atom. The molecule has 4 nitrogen and oxygen atoms in total. The summed E-state index contributed by atoms with van der Waals surface area (Å²) in [5, 5.41) is 4.53. The lowest BCUT2D eigenvalue weighted by Crippen LogP contribution is -2.29. The van der Waals surface area contributed by atoms with Crippen LogP contribution in [0, 0.1) is 0 Å². The van der Waals surface area contributed by atoms with Crippen LogP contribution in [0.3, 0.4) is 0 Å². The zero-order valence-electron chi connectivity index (χ0n) is 72.1. The molecule has 21 aromatic carbocycles. The molecule has 0 atom stereocenters. The summed E-state index contributed by atoms with van der Waals surface area (Å²) in [4.78, 5) is 4.82. The minimum Gasteiger partial charge on any atom is -0.455 e. The quantitative estimate of drug-likeness (QED) is 0.129. The van der Waals surface area contributed by atoms with Gasteiger partial charge in [0.1, 0.15) is 22.3 Å². The normalized spacial score (nSPS) is 12.8. The fourth-order valence-electron chi connectivity index (χ4n) is 22.7. The van der Waals surface area contributed by atoms with Crippen molar-refractivity contribution in [1.82, 2.24) is 0 Å². The topological polar surface area (TPSA) is 32.8 Å². The van der Waals surface area contributed by atoms with Crippen LogP contribution in [0.4, 0.5) is 34.1 Å². The average molecular weight is 1680 g/mol. The molecule has 23 aromatic rings. The van der Waals surface area contributed by atoms with E-state index < -0.39 is 10.8 Å². The molecule has 616 valence electrons. The molecule has 132 heavy (non-hydrogen) atoms. The summed E-state index contributed by atoms with van der Waals surface area (Å²) >= 11 is 0. The molecule has 0 amide bonds. The second-order valence-electron chi connectivity index (χ2n) is 35.0. The van der Waals surface area contributed by atoms with E-state index in [9.17, 15) is 0 Å². The van der Waals surface area contributed by atoms with E-state index in [1.54, 1.807) is 0 Å². The van der Waals surface area contributed by atoms with Gasteiger partial charge in [-0.15, -0.1) is 0 Å². The number of benzene rings is 21. The van der Waals surface area contributed by atoms with Crippen LogP contribution in [-0.2, 0) is 10.8 Å². The van der Waals surface area contributed by atoms with Gasteiger partial charge < -0.3 is 18.6 Å². The molecule has 2 spiro atoms. The molecule has 0 bridgehead atoms. The van der Waals surface area contributed by atoms with Gasteiger partial charge in [0, 0.05) is 66.7 Å².